The van der Waals surface area contributed by atoms with Gasteiger partial charge in [0.15, 0.2) is 0 Å². The van der Waals surface area contributed by atoms with Crippen molar-refractivity contribution in [2.45, 2.75) is 0 Å². The van der Waals surface area contributed by atoms with E-state index in [9.17, 15) is 0 Å². The smallest absolute Gasteiger partial charge is 0.143 e. The quantitative estimate of drug-likeness (QED) is 0.148. The highest BCUT2D eigenvalue weighted by Crippen LogP contribution is 2.47. The minimum atomic E-state index is 0.885. The lowest BCUT2D eigenvalue weighted by Crippen LogP contribution is -2.10. The van der Waals surface area contributed by atoms with E-state index >= 15 is 0 Å². The molecule has 14 rings (SSSR count). The highest BCUT2D eigenvalue weighted by atomic mass is 16.3. The van der Waals surface area contributed by atoms with Crippen molar-refractivity contribution in [1.29, 1.82) is 0 Å². The van der Waals surface area contributed by atoms with Crippen molar-refractivity contribution in [1.82, 2.24) is 0 Å². The average molecular weight is 890 g/mol. The van der Waals surface area contributed by atoms with E-state index in [-0.39, 0.29) is 0 Å². The molecule has 0 unspecified atom stereocenters. The van der Waals surface area contributed by atoms with Gasteiger partial charge in [-0.1, -0.05) is 206 Å². The van der Waals surface area contributed by atoms with Crippen molar-refractivity contribution in [3.05, 3.63) is 261 Å². The standard InChI is InChI=1S/C68H43NO/c1-3-18-46(19-4-1)65-61-29-12-11-28-59(61)60-37-35-49(43-63(60)66(65)47-20-5-2-6-21-47)48-22-13-24-52(40-48)69(54-36-39-56-51(42-54)33-32-44-16-7-9-26-55(44)56)53-25-14-23-50(41-53)57-30-15-31-64-67(57)62-38-34-45-17-8-10-27-58(45)68(62)70-64/h1-43H. The van der Waals surface area contributed by atoms with Crippen LogP contribution in [0.15, 0.2) is 265 Å². The molecule has 1 aromatic heterocycles. The van der Waals surface area contributed by atoms with Crippen LogP contribution >= 0.6 is 0 Å². The lowest BCUT2D eigenvalue weighted by atomic mass is 9.84. The van der Waals surface area contributed by atoms with E-state index in [0.717, 1.165) is 66.6 Å². The Morgan fingerprint density at radius 1 is 0.257 bits per heavy atom. The van der Waals surface area contributed by atoms with Gasteiger partial charge in [0.2, 0.25) is 0 Å². The number of rotatable bonds is 7. The molecule has 0 radical (unpaired) electrons. The molecule has 326 valence electrons. The SMILES string of the molecule is c1ccc(-c2c(-c3ccccc3)c3cc(-c4cccc(N(c5cccc(-c6cccc7oc8c9ccccc9ccc8c67)c5)c5ccc6c(ccc7ccccc76)c5)c4)ccc3c3ccccc23)cc1. The van der Waals surface area contributed by atoms with E-state index in [1.165, 1.54) is 70.7 Å². The van der Waals surface area contributed by atoms with E-state index < -0.39 is 0 Å². The van der Waals surface area contributed by atoms with Gasteiger partial charge in [-0.05, 0) is 148 Å². The monoisotopic (exact) mass is 889 g/mol. The zero-order chi connectivity index (χ0) is 46.1. The van der Waals surface area contributed by atoms with Gasteiger partial charge in [0.25, 0.3) is 0 Å². The first kappa shape index (κ1) is 39.9. The van der Waals surface area contributed by atoms with Crippen molar-refractivity contribution in [2.24, 2.45) is 0 Å². The summed E-state index contributed by atoms with van der Waals surface area (Å²) in [7, 11) is 0. The highest BCUT2D eigenvalue weighted by Gasteiger charge is 2.21. The Labute approximate surface area is 405 Å². The third-order valence-electron chi connectivity index (χ3n) is 14.4. The first-order valence-electron chi connectivity index (χ1n) is 24.1. The first-order chi connectivity index (χ1) is 34.7. The molecule has 0 atom stereocenters. The largest absolute Gasteiger partial charge is 0.455 e. The van der Waals surface area contributed by atoms with E-state index in [1.807, 2.05) is 0 Å². The van der Waals surface area contributed by atoms with Crippen LogP contribution in [0.5, 0.6) is 0 Å². The van der Waals surface area contributed by atoms with Crippen LogP contribution in [0.3, 0.4) is 0 Å². The molecule has 0 saturated heterocycles. The molecular weight excluding hydrogens is 847 g/mol. The molecule has 2 heteroatoms. The van der Waals surface area contributed by atoms with E-state index in [2.05, 4.69) is 266 Å². The third kappa shape index (κ3) is 6.49. The number of fused-ring (bicyclic) bond motifs is 11. The van der Waals surface area contributed by atoms with Crippen LogP contribution in [0.25, 0.3) is 120 Å². The topological polar surface area (TPSA) is 16.4 Å². The Hall–Kier alpha value is -9.24. The minimum absolute atomic E-state index is 0.885. The summed E-state index contributed by atoms with van der Waals surface area (Å²) in [6.07, 6.45) is 0. The summed E-state index contributed by atoms with van der Waals surface area (Å²) >= 11 is 0. The molecular formula is C68H43NO. The van der Waals surface area contributed by atoms with Crippen molar-refractivity contribution < 1.29 is 4.42 Å². The summed E-state index contributed by atoms with van der Waals surface area (Å²) in [5.41, 5.74) is 14.5. The van der Waals surface area contributed by atoms with Crippen LogP contribution in [0.1, 0.15) is 0 Å². The number of anilines is 3. The van der Waals surface area contributed by atoms with Gasteiger partial charge in [0.05, 0.1) is 0 Å². The summed E-state index contributed by atoms with van der Waals surface area (Å²) in [4.78, 5) is 2.42. The van der Waals surface area contributed by atoms with Gasteiger partial charge in [-0.15, -0.1) is 0 Å². The lowest BCUT2D eigenvalue weighted by Gasteiger charge is -2.27. The fourth-order valence-corrected chi connectivity index (χ4v) is 11.2. The molecule has 0 aliphatic heterocycles. The van der Waals surface area contributed by atoms with Gasteiger partial charge in [-0.3, -0.25) is 0 Å². The van der Waals surface area contributed by atoms with Gasteiger partial charge < -0.3 is 9.32 Å². The minimum Gasteiger partial charge on any atom is -0.455 e. The Balaban J connectivity index is 0.967. The van der Waals surface area contributed by atoms with Crippen molar-refractivity contribution in [2.75, 3.05) is 4.90 Å². The molecule has 13 aromatic carbocycles. The van der Waals surface area contributed by atoms with Crippen LogP contribution in [0.4, 0.5) is 17.1 Å². The highest BCUT2D eigenvalue weighted by molar-refractivity contribution is 6.23. The summed E-state index contributed by atoms with van der Waals surface area (Å²) in [5, 5.41) is 14.4. The van der Waals surface area contributed by atoms with E-state index in [0.29, 0.717) is 0 Å². The Kier molecular flexibility index (Phi) is 9.25. The summed E-state index contributed by atoms with van der Waals surface area (Å²) in [6, 6.07) is 95.2. The van der Waals surface area contributed by atoms with Gasteiger partial charge in [-0.25, -0.2) is 0 Å². The molecule has 0 amide bonds. The number of nitrogens with zero attached hydrogens (tertiary/aromatic N) is 1. The maximum absolute atomic E-state index is 6.67. The molecule has 0 N–H and O–H groups in total. The molecule has 14 aromatic rings. The zero-order valence-electron chi connectivity index (χ0n) is 38.2. The Morgan fingerprint density at radius 3 is 1.53 bits per heavy atom. The average Bonchev–Trinajstić information content (AvgIpc) is 3.83. The predicted octanol–water partition coefficient (Wildman–Crippen LogP) is 19.5. The molecule has 2 nitrogen and oxygen atoms in total. The maximum atomic E-state index is 6.67. The second kappa shape index (κ2) is 16.2. The van der Waals surface area contributed by atoms with Gasteiger partial charge in [-0.2, -0.15) is 0 Å². The molecule has 1 heterocycles. The second-order valence-corrected chi connectivity index (χ2v) is 18.4. The summed E-state index contributed by atoms with van der Waals surface area (Å²) in [6.45, 7) is 0. The lowest BCUT2D eigenvalue weighted by molar-refractivity contribution is 0.673. The number of furan rings is 1. The maximum Gasteiger partial charge on any atom is 0.143 e. The third-order valence-corrected chi connectivity index (χ3v) is 14.4. The summed E-state index contributed by atoms with van der Waals surface area (Å²) in [5.74, 6) is 0. The normalized spacial score (nSPS) is 11.7. The number of hydrogen-bond donors (Lipinski definition) is 0. The molecule has 0 bridgehead atoms. The molecule has 70 heavy (non-hydrogen) atoms. The van der Waals surface area contributed by atoms with Crippen LogP contribution in [0, 0.1) is 0 Å². The molecule has 0 aliphatic carbocycles. The first-order valence-corrected chi connectivity index (χ1v) is 24.1. The predicted molar refractivity (Wildman–Crippen MR) is 298 cm³/mol. The van der Waals surface area contributed by atoms with E-state index in [4.69, 9.17) is 4.42 Å². The van der Waals surface area contributed by atoms with Gasteiger partial charge in [0.1, 0.15) is 11.2 Å². The zero-order valence-corrected chi connectivity index (χ0v) is 38.2. The van der Waals surface area contributed by atoms with Crippen molar-refractivity contribution in [3.8, 4) is 44.5 Å². The van der Waals surface area contributed by atoms with Crippen molar-refractivity contribution >= 4 is 92.9 Å². The number of benzene rings is 13. The molecule has 0 fully saturated rings. The summed E-state index contributed by atoms with van der Waals surface area (Å²) < 4.78 is 6.67. The Bertz CT molecular complexity index is 4360. The van der Waals surface area contributed by atoms with Crippen LogP contribution in [-0.4, -0.2) is 0 Å². The van der Waals surface area contributed by atoms with Gasteiger partial charge in [0, 0.05) is 33.2 Å². The van der Waals surface area contributed by atoms with Crippen molar-refractivity contribution in [3.63, 3.8) is 0 Å². The fourth-order valence-electron chi connectivity index (χ4n) is 11.2. The van der Waals surface area contributed by atoms with E-state index in [1.54, 1.807) is 0 Å². The van der Waals surface area contributed by atoms with Crippen LogP contribution < -0.4 is 4.90 Å². The van der Waals surface area contributed by atoms with Gasteiger partial charge >= 0.3 is 0 Å². The fraction of sp³-hybridized carbons (Fsp3) is 0. The second-order valence-electron chi connectivity index (χ2n) is 18.4. The number of hydrogen-bond acceptors (Lipinski definition) is 2. The van der Waals surface area contributed by atoms with Crippen LogP contribution in [-0.2, 0) is 0 Å². The molecule has 0 saturated carbocycles. The Morgan fingerprint density at radius 2 is 0.757 bits per heavy atom. The van der Waals surface area contributed by atoms with Crippen LogP contribution in [0.2, 0.25) is 0 Å². The molecule has 0 spiro atoms. The molecule has 0 aliphatic rings.